The number of rotatable bonds is 3. The van der Waals surface area contributed by atoms with Crippen LogP contribution in [0.4, 0.5) is 0 Å². The summed E-state index contributed by atoms with van der Waals surface area (Å²) in [5.74, 6) is 0.274. The van der Waals surface area contributed by atoms with E-state index in [4.69, 9.17) is 0 Å². The Hall–Kier alpha value is -0.940. The summed E-state index contributed by atoms with van der Waals surface area (Å²) in [6.07, 6.45) is 4.66. The number of likely N-dealkylation sites (N-methyl/N-ethyl adjacent to an activating group) is 1. The van der Waals surface area contributed by atoms with Crippen LogP contribution in [-0.2, 0) is 11.3 Å². The van der Waals surface area contributed by atoms with E-state index in [0.717, 1.165) is 32.7 Å². The maximum Gasteiger partial charge on any atom is 0.229 e. The van der Waals surface area contributed by atoms with Gasteiger partial charge in [-0.2, -0.15) is 0 Å². The molecule has 5 heteroatoms. The van der Waals surface area contributed by atoms with Crippen LogP contribution < -0.4 is 21.5 Å². The van der Waals surface area contributed by atoms with Crippen LogP contribution in [0.2, 0.25) is 0 Å². The predicted octanol–water partition coefficient (Wildman–Crippen LogP) is -2.55. The molecule has 19 heavy (non-hydrogen) atoms. The number of amides is 1. The van der Waals surface area contributed by atoms with Crippen molar-refractivity contribution in [3.63, 3.8) is 0 Å². The van der Waals surface area contributed by atoms with Crippen LogP contribution >= 0.6 is 0 Å². The van der Waals surface area contributed by atoms with E-state index in [9.17, 15) is 4.79 Å². The molecule has 0 saturated carbocycles. The normalized spacial score (nSPS) is 16.0. The Morgan fingerprint density at radius 1 is 1.21 bits per heavy atom. The van der Waals surface area contributed by atoms with E-state index >= 15 is 0 Å². The van der Waals surface area contributed by atoms with Crippen molar-refractivity contribution >= 4 is 5.91 Å². The Labute approximate surface area is 125 Å². The summed E-state index contributed by atoms with van der Waals surface area (Å²) in [5.41, 5.74) is 1.25. The lowest BCUT2D eigenvalue weighted by atomic mass is 10.2. The lowest BCUT2D eigenvalue weighted by Crippen LogP contribution is -3.00. The smallest absolute Gasteiger partial charge is 0.229 e. The largest absolute Gasteiger partial charge is 1.00 e. The number of piperazine rings is 1. The molecule has 1 fully saturated rings. The first-order valence-electron chi connectivity index (χ1n) is 6.57. The molecule has 1 aliphatic rings. The summed E-state index contributed by atoms with van der Waals surface area (Å²) >= 11 is 0. The zero-order valence-electron chi connectivity index (χ0n) is 11.7. The van der Waals surface area contributed by atoms with Gasteiger partial charge in [-0.05, 0) is 19.5 Å². The second-order valence-corrected chi connectivity index (χ2v) is 5.05. The van der Waals surface area contributed by atoms with E-state index in [1.165, 1.54) is 5.56 Å². The fraction of sp³-hybridized carbons (Fsp3) is 0.571. The third-order valence-electron chi connectivity index (χ3n) is 3.50. The molecule has 1 amide bonds. The first-order chi connectivity index (χ1) is 8.65. The highest BCUT2D eigenvalue weighted by Gasteiger charge is 2.19. The van der Waals surface area contributed by atoms with Gasteiger partial charge < -0.3 is 26.8 Å². The summed E-state index contributed by atoms with van der Waals surface area (Å²) < 4.78 is 2.07. The molecule has 1 saturated heterocycles. The molecule has 1 aliphatic heterocycles. The van der Waals surface area contributed by atoms with E-state index in [0.29, 0.717) is 6.42 Å². The third-order valence-corrected chi connectivity index (χ3v) is 3.50. The van der Waals surface area contributed by atoms with Crippen LogP contribution in [0, 0.1) is 6.92 Å². The first kappa shape index (κ1) is 16.1. The molecular weight excluding hydrogens is 306 g/mol. The molecule has 0 N–H and O–H groups in total. The molecule has 1 aromatic rings. The van der Waals surface area contributed by atoms with Crippen LogP contribution in [0.3, 0.4) is 0 Å². The molecule has 106 valence electrons. The number of aromatic nitrogens is 1. The van der Waals surface area contributed by atoms with E-state index in [1.807, 2.05) is 17.3 Å². The van der Waals surface area contributed by atoms with Crippen molar-refractivity contribution in [1.82, 2.24) is 9.80 Å². The minimum Gasteiger partial charge on any atom is -1.00 e. The summed E-state index contributed by atoms with van der Waals surface area (Å²) in [6, 6.07) is 4.14. The first-order valence-corrected chi connectivity index (χ1v) is 6.57. The number of hydrogen-bond acceptors (Lipinski definition) is 2. The van der Waals surface area contributed by atoms with Gasteiger partial charge in [0.05, 0.1) is 6.42 Å². The van der Waals surface area contributed by atoms with Gasteiger partial charge in [-0.25, -0.2) is 4.57 Å². The van der Waals surface area contributed by atoms with Crippen LogP contribution in [0.5, 0.6) is 0 Å². The van der Waals surface area contributed by atoms with Gasteiger partial charge in [0.25, 0.3) is 0 Å². The fourth-order valence-corrected chi connectivity index (χ4v) is 2.12. The Morgan fingerprint density at radius 3 is 2.37 bits per heavy atom. The Kier molecular flexibility index (Phi) is 6.45. The molecule has 2 heterocycles. The van der Waals surface area contributed by atoms with Gasteiger partial charge in [-0.3, -0.25) is 4.79 Å². The summed E-state index contributed by atoms with van der Waals surface area (Å²) in [7, 11) is 2.10. The van der Waals surface area contributed by atoms with Gasteiger partial charge in [-0.15, -0.1) is 0 Å². The maximum atomic E-state index is 12.0. The van der Waals surface area contributed by atoms with Crippen molar-refractivity contribution in [2.45, 2.75) is 19.9 Å². The molecular formula is C14H22BrN3O. The van der Waals surface area contributed by atoms with Crippen LogP contribution in [-0.4, -0.2) is 48.9 Å². The number of carbonyl (C=O) groups is 1. The minimum absolute atomic E-state index is 0. The van der Waals surface area contributed by atoms with Gasteiger partial charge in [0.2, 0.25) is 5.91 Å². The second kappa shape index (κ2) is 7.60. The highest BCUT2D eigenvalue weighted by Crippen LogP contribution is 2.01. The number of aryl methyl sites for hydroxylation is 2. The quantitative estimate of drug-likeness (QED) is 0.572. The van der Waals surface area contributed by atoms with Crippen LogP contribution in [0.1, 0.15) is 12.0 Å². The van der Waals surface area contributed by atoms with Gasteiger partial charge in [0.15, 0.2) is 18.9 Å². The van der Waals surface area contributed by atoms with Crippen molar-refractivity contribution in [3.8, 4) is 0 Å². The lowest BCUT2D eigenvalue weighted by molar-refractivity contribution is -0.696. The summed E-state index contributed by atoms with van der Waals surface area (Å²) in [6.45, 7) is 6.56. The second-order valence-electron chi connectivity index (χ2n) is 5.05. The maximum absolute atomic E-state index is 12.0. The summed E-state index contributed by atoms with van der Waals surface area (Å²) in [5, 5.41) is 0. The Bertz CT molecular complexity index is 400. The average Bonchev–Trinajstić information content (AvgIpc) is 2.38. The highest BCUT2D eigenvalue weighted by molar-refractivity contribution is 5.76. The molecule has 1 aromatic heterocycles. The number of halogens is 1. The predicted molar refractivity (Wildman–Crippen MR) is 70.1 cm³/mol. The molecule has 0 spiro atoms. The van der Waals surface area contributed by atoms with Crippen molar-refractivity contribution in [3.05, 3.63) is 30.1 Å². The molecule has 4 nitrogen and oxygen atoms in total. The molecule has 0 unspecified atom stereocenters. The average molecular weight is 328 g/mol. The highest BCUT2D eigenvalue weighted by atomic mass is 79.9. The van der Waals surface area contributed by atoms with Gasteiger partial charge in [0.1, 0.15) is 0 Å². The number of hydrogen-bond donors (Lipinski definition) is 0. The third kappa shape index (κ3) is 4.91. The molecule has 0 atom stereocenters. The Morgan fingerprint density at radius 2 is 1.79 bits per heavy atom. The molecule has 0 radical (unpaired) electrons. The van der Waals surface area contributed by atoms with Crippen LogP contribution in [0.25, 0.3) is 0 Å². The number of pyridine rings is 1. The number of nitrogens with zero attached hydrogens (tertiary/aromatic N) is 3. The van der Waals surface area contributed by atoms with Crippen molar-refractivity contribution in [2.24, 2.45) is 0 Å². The monoisotopic (exact) mass is 327 g/mol. The minimum atomic E-state index is 0. The van der Waals surface area contributed by atoms with Crippen molar-refractivity contribution in [2.75, 3.05) is 33.2 Å². The fourth-order valence-electron chi connectivity index (χ4n) is 2.12. The zero-order valence-corrected chi connectivity index (χ0v) is 13.3. The molecule has 0 aliphatic carbocycles. The van der Waals surface area contributed by atoms with E-state index in [-0.39, 0.29) is 22.9 Å². The van der Waals surface area contributed by atoms with Crippen molar-refractivity contribution < 1.29 is 26.3 Å². The lowest BCUT2D eigenvalue weighted by Gasteiger charge is -2.32. The standard InChI is InChI=1S/C14H22N3O.BrH/c1-13-3-6-16(7-4-13)8-5-14(18)17-11-9-15(2)10-12-17;/h3-4,6-7H,5,8-12H2,1-2H3;1H/q+1;/p-1. The summed E-state index contributed by atoms with van der Waals surface area (Å²) in [4.78, 5) is 16.3. The molecule has 0 bridgehead atoms. The topological polar surface area (TPSA) is 27.4 Å². The van der Waals surface area contributed by atoms with E-state index in [1.54, 1.807) is 0 Å². The van der Waals surface area contributed by atoms with Crippen molar-refractivity contribution in [1.29, 1.82) is 0 Å². The van der Waals surface area contributed by atoms with Gasteiger partial charge in [-0.1, -0.05) is 0 Å². The zero-order chi connectivity index (χ0) is 13.0. The Balaban J connectivity index is 0.00000180. The van der Waals surface area contributed by atoms with Crippen LogP contribution in [0.15, 0.2) is 24.5 Å². The van der Waals surface area contributed by atoms with Gasteiger partial charge >= 0.3 is 0 Å². The van der Waals surface area contributed by atoms with Gasteiger partial charge in [0, 0.05) is 38.3 Å². The SMILES string of the molecule is Cc1cc[n+](CCC(=O)N2CCN(C)CC2)cc1.[Br-]. The molecule has 2 rings (SSSR count). The molecule has 0 aromatic carbocycles. The number of carbonyl (C=O) groups excluding carboxylic acids is 1. The van der Waals surface area contributed by atoms with E-state index in [2.05, 4.69) is 35.6 Å². The van der Waals surface area contributed by atoms with E-state index < -0.39 is 0 Å².